The van der Waals surface area contributed by atoms with Crippen LogP contribution in [-0.4, -0.2) is 27.4 Å². The van der Waals surface area contributed by atoms with Crippen LogP contribution in [0.4, 0.5) is 0 Å². The lowest BCUT2D eigenvalue weighted by Crippen LogP contribution is -2.32. The Balaban J connectivity index is 1.98. The van der Waals surface area contributed by atoms with E-state index in [2.05, 4.69) is 53.0 Å². The molecule has 4 heteroatoms. The zero-order valence-corrected chi connectivity index (χ0v) is 13.3. The van der Waals surface area contributed by atoms with Gasteiger partial charge in [0.15, 0.2) is 0 Å². The van der Waals surface area contributed by atoms with E-state index >= 15 is 0 Å². The molecule has 0 saturated carbocycles. The lowest BCUT2D eigenvalue weighted by atomic mass is 10.0. The first-order valence-corrected chi connectivity index (χ1v) is 7.88. The van der Waals surface area contributed by atoms with Crippen molar-refractivity contribution in [1.82, 2.24) is 20.1 Å². The zero-order valence-electron chi connectivity index (χ0n) is 13.3. The summed E-state index contributed by atoms with van der Waals surface area (Å²) in [5.74, 6) is 0. The fourth-order valence-corrected chi connectivity index (χ4v) is 2.74. The highest BCUT2D eigenvalue weighted by Crippen LogP contribution is 2.11. The van der Waals surface area contributed by atoms with Gasteiger partial charge in [0.2, 0.25) is 0 Å². The first-order chi connectivity index (χ1) is 10.2. The van der Waals surface area contributed by atoms with E-state index in [4.69, 9.17) is 0 Å². The molecule has 2 aromatic rings. The molecule has 0 aliphatic carbocycles. The van der Waals surface area contributed by atoms with Gasteiger partial charge in [0, 0.05) is 37.1 Å². The lowest BCUT2D eigenvalue weighted by Gasteiger charge is -2.18. The third-order valence-electron chi connectivity index (χ3n) is 3.74. The summed E-state index contributed by atoms with van der Waals surface area (Å²) in [6, 6.07) is 6.85. The van der Waals surface area contributed by atoms with Crippen molar-refractivity contribution in [3.05, 3.63) is 47.5 Å². The maximum absolute atomic E-state index is 4.54. The number of aromatic nitrogens is 3. The van der Waals surface area contributed by atoms with Crippen molar-refractivity contribution in [2.24, 2.45) is 0 Å². The minimum absolute atomic E-state index is 0.483. The Labute approximate surface area is 127 Å². The van der Waals surface area contributed by atoms with E-state index in [1.807, 2.05) is 18.5 Å². The molecule has 2 rings (SSSR count). The van der Waals surface area contributed by atoms with Crippen molar-refractivity contribution in [3.8, 4) is 0 Å². The van der Waals surface area contributed by atoms with E-state index in [0.717, 1.165) is 38.0 Å². The van der Waals surface area contributed by atoms with Gasteiger partial charge in [0.05, 0.1) is 5.69 Å². The van der Waals surface area contributed by atoms with Gasteiger partial charge in [-0.15, -0.1) is 0 Å². The summed E-state index contributed by atoms with van der Waals surface area (Å²) < 4.78 is 2.11. The Kier molecular flexibility index (Phi) is 5.93. The first kappa shape index (κ1) is 15.7. The summed E-state index contributed by atoms with van der Waals surface area (Å²) in [4.78, 5) is 4.19. The van der Waals surface area contributed by atoms with Crippen molar-refractivity contribution < 1.29 is 0 Å². The third-order valence-corrected chi connectivity index (χ3v) is 3.74. The standard InChI is InChI=1S/C17H26N4/c1-4-19-16(9-8-15-7-6-10-18-13-15)12-17-11-14(3)20-21(17)5-2/h6-7,10-11,13,16,19H,4-5,8-9,12H2,1-3H3. The molecule has 0 aliphatic rings. The molecule has 0 radical (unpaired) electrons. The predicted molar refractivity (Wildman–Crippen MR) is 86.4 cm³/mol. The van der Waals surface area contributed by atoms with Gasteiger partial charge in [-0.2, -0.15) is 5.10 Å². The molecule has 0 fully saturated rings. The lowest BCUT2D eigenvalue weighted by molar-refractivity contribution is 0.471. The van der Waals surface area contributed by atoms with E-state index in [1.54, 1.807) is 0 Å². The topological polar surface area (TPSA) is 42.7 Å². The number of hydrogen-bond donors (Lipinski definition) is 1. The molecular weight excluding hydrogens is 260 g/mol. The van der Waals surface area contributed by atoms with Crippen LogP contribution in [0.25, 0.3) is 0 Å². The molecule has 2 aromatic heterocycles. The average Bonchev–Trinajstić information content (AvgIpc) is 2.86. The Morgan fingerprint density at radius 3 is 2.86 bits per heavy atom. The number of likely N-dealkylation sites (N-methyl/N-ethyl adjacent to an activating group) is 1. The molecule has 4 nitrogen and oxygen atoms in total. The Morgan fingerprint density at radius 1 is 1.33 bits per heavy atom. The molecule has 21 heavy (non-hydrogen) atoms. The fraction of sp³-hybridized carbons (Fsp3) is 0.529. The Bertz CT molecular complexity index is 533. The van der Waals surface area contributed by atoms with Gasteiger partial charge in [-0.25, -0.2) is 0 Å². The summed E-state index contributed by atoms with van der Waals surface area (Å²) >= 11 is 0. The molecular formula is C17H26N4. The molecule has 1 atom stereocenters. The zero-order chi connectivity index (χ0) is 15.1. The minimum Gasteiger partial charge on any atom is -0.314 e. The van der Waals surface area contributed by atoms with Crippen LogP contribution >= 0.6 is 0 Å². The Hall–Kier alpha value is -1.68. The van der Waals surface area contributed by atoms with E-state index in [9.17, 15) is 0 Å². The number of pyridine rings is 1. The smallest absolute Gasteiger partial charge is 0.0596 e. The van der Waals surface area contributed by atoms with Crippen LogP contribution in [0, 0.1) is 6.92 Å². The van der Waals surface area contributed by atoms with Crippen LogP contribution in [-0.2, 0) is 19.4 Å². The summed E-state index contributed by atoms with van der Waals surface area (Å²) in [5, 5.41) is 8.14. The largest absolute Gasteiger partial charge is 0.314 e. The number of nitrogens with zero attached hydrogens (tertiary/aromatic N) is 3. The van der Waals surface area contributed by atoms with Gasteiger partial charge in [0.25, 0.3) is 0 Å². The van der Waals surface area contributed by atoms with E-state index in [0.29, 0.717) is 6.04 Å². The van der Waals surface area contributed by atoms with Crippen molar-refractivity contribution in [3.63, 3.8) is 0 Å². The summed E-state index contributed by atoms with van der Waals surface area (Å²) in [7, 11) is 0. The molecule has 0 amide bonds. The molecule has 0 bridgehead atoms. The summed E-state index contributed by atoms with van der Waals surface area (Å²) in [5.41, 5.74) is 3.74. The van der Waals surface area contributed by atoms with Gasteiger partial charge in [-0.3, -0.25) is 9.67 Å². The van der Waals surface area contributed by atoms with E-state index < -0.39 is 0 Å². The second-order valence-electron chi connectivity index (χ2n) is 5.45. The van der Waals surface area contributed by atoms with Crippen LogP contribution in [0.3, 0.4) is 0 Å². The molecule has 114 valence electrons. The van der Waals surface area contributed by atoms with Crippen molar-refractivity contribution in [1.29, 1.82) is 0 Å². The highest BCUT2D eigenvalue weighted by Gasteiger charge is 2.12. The Morgan fingerprint density at radius 2 is 2.19 bits per heavy atom. The maximum atomic E-state index is 4.54. The molecule has 0 aromatic carbocycles. The molecule has 2 heterocycles. The van der Waals surface area contributed by atoms with Gasteiger partial charge in [0.1, 0.15) is 0 Å². The average molecular weight is 286 g/mol. The second-order valence-corrected chi connectivity index (χ2v) is 5.45. The number of aryl methyl sites for hydroxylation is 3. The predicted octanol–water partition coefficient (Wildman–Crippen LogP) is 2.76. The second kappa shape index (κ2) is 7.93. The summed E-state index contributed by atoms with van der Waals surface area (Å²) in [6.45, 7) is 8.31. The fourth-order valence-electron chi connectivity index (χ4n) is 2.74. The number of nitrogens with one attached hydrogen (secondary N) is 1. The van der Waals surface area contributed by atoms with Gasteiger partial charge in [-0.1, -0.05) is 13.0 Å². The SMILES string of the molecule is CCNC(CCc1cccnc1)Cc1cc(C)nn1CC. The first-order valence-electron chi connectivity index (χ1n) is 7.88. The van der Waals surface area contributed by atoms with Gasteiger partial charge in [-0.05, 0) is 50.9 Å². The monoisotopic (exact) mass is 286 g/mol. The molecule has 1 N–H and O–H groups in total. The van der Waals surface area contributed by atoms with Crippen LogP contribution in [0.2, 0.25) is 0 Å². The van der Waals surface area contributed by atoms with E-state index in [1.165, 1.54) is 11.3 Å². The molecule has 0 spiro atoms. The quantitative estimate of drug-likeness (QED) is 0.811. The minimum atomic E-state index is 0.483. The summed E-state index contributed by atoms with van der Waals surface area (Å²) in [6.07, 6.45) is 7.00. The van der Waals surface area contributed by atoms with Crippen molar-refractivity contribution in [2.75, 3.05) is 6.54 Å². The maximum Gasteiger partial charge on any atom is 0.0596 e. The number of rotatable bonds is 8. The normalized spacial score (nSPS) is 12.5. The van der Waals surface area contributed by atoms with Crippen molar-refractivity contribution >= 4 is 0 Å². The van der Waals surface area contributed by atoms with Crippen LogP contribution in [0.15, 0.2) is 30.6 Å². The van der Waals surface area contributed by atoms with Crippen LogP contribution in [0.1, 0.15) is 37.2 Å². The molecule has 0 aliphatic heterocycles. The van der Waals surface area contributed by atoms with Gasteiger partial charge >= 0.3 is 0 Å². The van der Waals surface area contributed by atoms with Crippen LogP contribution in [0.5, 0.6) is 0 Å². The molecule has 1 unspecified atom stereocenters. The van der Waals surface area contributed by atoms with Gasteiger partial charge < -0.3 is 5.32 Å². The molecule has 0 saturated heterocycles. The van der Waals surface area contributed by atoms with Crippen molar-refractivity contribution in [2.45, 2.75) is 52.6 Å². The van der Waals surface area contributed by atoms with Crippen LogP contribution < -0.4 is 5.32 Å². The highest BCUT2D eigenvalue weighted by molar-refractivity contribution is 5.12. The highest BCUT2D eigenvalue weighted by atomic mass is 15.3. The van der Waals surface area contributed by atoms with E-state index in [-0.39, 0.29) is 0 Å². The number of hydrogen-bond acceptors (Lipinski definition) is 3. The third kappa shape index (κ3) is 4.67.